The van der Waals surface area contributed by atoms with Crippen LogP contribution in [0.4, 0.5) is 10.5 Å². The molecule has 2 rings (SSSR count). The lowest BCUT2D eigenvalue weighted by molar-refractivity contribution is 0.245. The smallest absolute Gasteiger partial charge is 0.319 e. The van der Waals surface area contributed by atoms with Gasteiger partial charge in [0.2, 0.25) is 0 Å². The zero-order valence-corrected chi connectivity index (χ0v) is 11.2. The summed E-state index contributed by atoms with van der Waals surface area (Å²) in [6.45, 7) is 3.80. The van der Waals surface area contributed by atoms with Crippen LogP contribution >= 0.6 is 11.6 Å². The molecule has 0 aromatic heterocycles. The van der Waals surface area contributed by atoms with E-state index in [2.05, 4.69) is 16.0 Å². The molecule has 0 radical (unpaired) electrons. The van der Waals surface area contributed by atoms with Crippen molar-refractivity contribution in [3.8, 4) is 0 Å². The van der Waals surface area contributed by atoms with Crippen molar-refractivity contribution >= 4 is 23.3 Å². The molecular formula is C13H18ClN3O. The highest BCUT2D eigenvalue weighted by Crippen LogP contribution is 2.19. The van der Waals surface area contributed by atoms with Crippen LogP contribution in [0.3, 0.4) is 0 Å². The molecule has 1 aliphatic heterocycles. The third-order valence-corrected chi connectivity index (χ3v) is 3.47. The lowest BCUT2D eigenvalue weighted by Gasteiger charge is -2.23. The number of hydrogen-bond donors (Lipinski definition) is 3. The van der Waals surface area contributed by atoms with Crippen LogP contribution in [0, 0.1) is 6.92 Å². The Morgan fingerprint density at radius 1 is 1.50 bits per heavy atom. The molecule has 1 atom stereocenters. The molecule has 0 bridgehead atoms. The number of aryl methyl sites for hydroxylation is 1. The van der Waals surface area contributed by atoms with Gasteiger partial charge >= 0.3 is 6.03 Å². The summed E-state index contributed by atoms with van der Waals surface area (Å²) in [6.07, 6.45) is 2.12. The minimum atomic E-state index is -0.177. The Hall–Kier alpha value is -1.26. The summed E-state index contributed by atoms with van der Waals surface area (Å²) in [4.78, 5) is 11.8. The van der Waals surface area contributed by atoms with Gasteiger partial charge in [-0.15, -0.1) is 0 Å². The van der Waals surface area contributed by atoms with Crippen LogP contribution in [0.1, 0.15) is 18.4 Å². The monoisotopic (exact) mass is 267 g/mol. The minimum absolute atomic E-state index is 0.177. The molecule has 0 saturated carbocycles. The number of benzene rings is 1. The first-order valence-electron chi connectivity index (χ1n) is 6.19. The van der Waals surface area contributed by atoms with Gasteiger partial charge in [-0.1, -0.05) is 17.7 Å². The van der Waals surface area contributed by atoms with Gasteiger partial charge in [-0.25, -0.2) is 4.79 Å². The Morgan fingerprint density at radius 3 is 3.00 bits per heavy atom. The molecule has 1 aromatic carbocycles. The quantitative estimate of drug-likeness (QED) is 0.771. The largest absolute Gasteiger partial charge is 0.334 e. The summed E-state index contributed by atoms with van der Waals surface area (Å²) in [5, 5.41) is 9.66. The van der Waals surface area contributed by atoms with Crippen molar-refractivity contribution in [3.63, 3.8) is 0 Å². The molecule has 1 aliphatic rings. The molecule has 1 fully saturated rings. The van der Waals surface area contributed by atoms with Gasteiger partial charge in [0.15, 0.2) is 0 Å². The van der Waals surface area contributed by atoms with Crippen molar-refractivity contribution in [1.29, 1.82) is 0 Å². The molecule has 98 valence electrons. The molecule has 2 amide bonds. The van der Waals surface area contributed by atoms with Crippen molar-refractivity contribution in [3.05, 3.63) is 28.8 Å². The number of nitrogens with one attached hydrogen (secondary N) is 3. The predicted molar refractivity (Wildman–Crippen MR) is 74.2 cm³/mol. The highest BCUT2D eigenvalue weighted by Gasteiger charge is 2.15. The Morgan fingerprint density at radius 2 is 2.33 bits per heavy atom. The number of piperidine rings is 1. The molecule has 1 heterocycles. The first kappa shape index (κ1) is 13.2. The predicted octanol–water partition coefficient (Wildman–Crippen LogP) is 2.52. The van der Waals surface area contributed by atoms with E-state index in [1.165, 1.54) is 0 Å². The molecule has 0 spiro atoms. The maximum atomic E-state index is 11.8. The van der Waals surface area contributed by atoms with Crippen LogP contribution in [0.15, 0.2) is 18.2 Å². The maximum absolute atomic E-state index is 11.8. The second-order valence-electron chi connectivity index (χ2n) is 4.61. The molecular weight excluding hydrogens is 250 g/mol. The van der Waals surface area contributed by atoms with E-state index >= 15 is 0 Å². The van der Waals surface area contributed by atoms with Crippen LogP contribution < -0.4 is 16.0 Å². The van der Waals surface area contributed by atoms with Gasteiger partial charge in [0.05, 0.1) is 0 Å². The molecule has 3 N–H and O–H groups in total. The van der Waals surface area contributed by atoms with E-state index in [1.54, 1.807) is 6.07 Å². The number of urea groups is 1. The summed E-state index contributed by atoms with van der Waals surface area (Å²) in [5.74, 6) is 0. The van der Waals surface area contributed by atoms with Gasteiger partial charge in [-0.2, -0.15) is 0 Å². The summed E-state index contributed by atoms with van der Waals surface area (Å²) < 4.78 is 0. The minimum Gasteiger partial charge on any atom is -0.334 e. The average molecular weight is 268 g/mol. The van der Waals surface area contributed by atoms with Gasteiger partial charge in [0.1, 0.15) is 0 Å². The number of carbonyl (C=O) groups excluding carboxylic acids is 1. The normalized spacial score (nSPS) is 19.3. The molecule has 4 nitrogen and oxygen atoms in total. The summed E-state index contributed by atoms with van der Waals surface area (Å²) in [5.41, 5.74) is 1.71. The van der Waals surface area contributed by atoms with Gasteiger partial charge in [0.25, 0.3) is 0 Å². The van der Waals surface area contributed by atoms with E-state index in [-0.39, 0.29) is 12.1 Å². The van der Waals surface area contributed by atoms with Gasteiger partial charge < -0.3 is 16.0 Å². The molecule has 0 unspecified atom stereocenters. The van der Waals surface area contributed by atoms with Crippen LogP contribution in [-0.4, -0.2) is 25.2 Å². The Kier molecular flexibility index (Phi) is 4.44. The summed E-state index contributed by atoms with van der Waals surface area (Å²) >= 11 is 6.01. The fraction of sp³-hybridized carbons (Fsp3) is 0.462. The molecule has 0 aliphatic carbocycles. The van der Waals surface area contributed by atoms with E-state index in [0.717, 1.165) is 31.5 Å². The number of anilines is 1. The van der Waals surface area contributed by atoms with Crippen molar-refractivity contribution < 1.29 is 4.79 Å². The van der Waals surface area contributed by atoms with Crippen molar-refractivity contribution in [2.75, 3.05) is 18.4 Å². The number of amides is 2. The second-order valence-corrected chi connectivity index (χ2v) is 5.01. The van der Waals surface area contributed by atoms with Gasteiger partial charge in [-0.3, -0.25) is 0 Å². The maximum Gasteiger partial charge on any atom is 0.319 e. The first-order chi connectivity index (χ1) is 8.65. The van der Waals surface area contributed by atoms with Crippen molar-refractivity contribution in [1.82, 2.24) is 10.6 Å². The third-order valence-electron chi connectivity index (χ3n) is 3.06. The lowest BCUT2D eigenvalue weighted by Crippen LogP contribution is -2.47. The topological polar surface area (TPSA) is 53.2 Å². The highest BCUT2D eigenvalue weighted by atomic mass is 35.5. The zero-order chi connectivity index (χ0) is 13.0. The second kappa shape index (κ2) is 6.07. The zero-order valence-electron chi connectivity index (χ0n) is 10.4. The summed E-state index contributed by atoms with van der Waals surface area (Å²) in [7, 11) is 0. The summed E-state index contributed by atoms with van der Waals surface area (Å²) in [6, 6.07) is 5.53. The molecule has 1 aromatic rings. The van der Waals surface area contributed by atoms with Gasteiger partial charge in [-0.05, 0) is 44.0 Å². The van der Waals surface area contributed by atoms with Crippen molar-refractivity contribution in [2.45, 2.75) is 25.8 Å². The SMILES string of the molecule is Cc1ccc(NC(=O)N[C@H]2CCCNC2)cc1Cl. The van der Waals surface area contributed by atoms with E-state index in [0.29, 0.717) is 10.7 Å². The van der Waals surface area contributed by atoms with E-state index in [9.17, 15) is 4.79 Å². The Bertz CT molecular complexity index is 430. The van der Waals surface area contributed by atoms with Crippen molar-refractivity contribution in [2.24, 2.45) is 0 Å². The fourth-order valence-corrected chi connectivity index (χ4v) is 2.18. The van der Waals surface area contributed by atoms with Crippen LogP contribution in [0.25, 0.3) is 0 Å². The Balaban J connectivity index is 1.88. The van der Waals surface area contributed by atoms with Gasteiger partial charge in [0, 0.05) is 23.3 Å². The van der Waals surface area contributed by atoms with E-state index in [1.807, 2.05) is 19.1 Å². The standard InChI is InChI=1S/C13H18ClN3O/c1-9-4-5-10(7-12(9)14)16-13(18)17-11-3-2-6-15-8-11/h4-5,7,11,15H,2-3,6,8H2,1H3,(H2,16,17,18)/t11-/m0/s1. The lowest BCUT2D eigenvalue weighted by atomic mass is 10.1. The van der Waals surface area contributed by atoms with Crippen LogP contribution in [0.5, 0.6) is 0 Å². The molecule has 18 heavy (non-hydrogen) atoms. The number of rotatable bonds is 2. The number of halogens is 1. The van der Waals surface area contributed by atoms with Crippen LogP contribution in [0.2, 0.25) is 5.02 Å². The molecule has 5 heteroatoms. The Labute approximate surface area is 112 Å². The number of hydrogen-bond acceptors (Lipinski definition) is 2. The van der Waals surface area contributed by atoms with E-state index < -0.39 is 0 Å². The molecule has 1 saturated heterocycles. The third kappa shape index (κ3) is 3.62. The number of carbonyl (C=O) groups is 1. The van der Waals surface area contributed by atoms with Crippen LogP contribution in [-0.2, 0) is 0 Å². The average Bonchev–Trinajstić information content (AvgIpc) is 2.35. The van der Waals surface area contributed by atoms with E-state index in [4.69, 9.17) is 11.6 Å². The highest BCUT2D eigenvalue weighted by molar-refractivity contribution is 6.31. The fourth-order valence-electron chi connectivity index (χ4n) is 2.00. The first-order valence-corrected chi connectivity index (χ1v) is 6.57.